The Hall–Kier alpha value is -0.570. The van der Waals surface area contributed by atoms with Gasteiger partial charge in [0.2, 0.25) is 5.91 Å². The van der Waals surface area contributed by atoms with Gasteiger partial charge in [0.25, 0.3) is 0 Å². The predicted octanol–water partition coefficient (Wildman–Crippen LogP) is 1.36. The molecule has 0 saturated heterocycles. The number of hydrogen-bond donors (Lipinski definition) is 3. The van der Waals surface area contributed by atoms with Crippen LogP contribution in [0.3, 0.4) is 0 Å². The number of ether oxygens (including phenoxy) is 1. The van der Waals surface area contributed by atoms with E-state index in [0.29, 0.717) is 13.1 Å². The number of nitrogens with zero attached hydrogens (tertiary/aromatic N) is 1. The summed E-state index contributed by atoms with van der Waals surface area (Å²) >= 11 is 0. The Bertz CT molecular complexity index is 286. The van der Waals surface area contributed by atoms with Crippen molar-refractivity contribution >= 4 is 35.8 Å². The highest BCUT2D eigenvalue weighted by Gasteiger charge is 2.04. The number of rotatable bonds is 10. The second-order valence-corrected chi connectivity index (χ2v) is 4.68. The van der Waals surface area contributed by atoms with Crippen molar-refractivity contribution in [2.75, 3.05) is 39.4 Å². The minimum absolute atomic E-state index is 0. The fourth-order valence-electron chi connectivity index (χ4n) is 1.41. The smallest absolute Gasteiger partial charge is 0.222 e. The lowest BCUT2D eigenvalue weighted by Gasteiger charge is -2.12. The van der Waals surface area contributed by atoms with E-state index < -0.39 is 0 Å². The van der Waals surface area contributed by atoms with Gasteiger partial charge in [-0.1, -0.05) is 13.8 Å². The monoisotopic (exact) mass is 414 g/mol. The average Bonchev–Trinajstić information content (AvgIpc) is 2.42. The van der Waals surface area contributed by atoms with Gasteiger partial charge in [0.05, 0.1) is 0 Å². The molecule has 0 bridgehead atoms. The highest BCUT2D eigenvalue weighted by Crippen LogP contribution is 1.89. The van der Waals surface area contributed by atoms with Crippen LogP contribution >= 0.6 is 24.0 Å². The van der Waals surface area contributed by atoms with Crippen LogP contribution < -0.4 is 16.0 Å². The summed E-state index contributed by atoms with van der Waals surface area (Å²) in [4.78, 5) is 15.8. The van der Waals surface area contributed by atoms with E-state index in [1.807, 2.05) is 27.7 Å². The summed E-state index contributed by atoms with van der Waals surface area (Å²) in [5.74, 6) is 0.878. The fraction of sp³-hybridized carbons (Fsp3) is 0.857. The zero-order chi connectivity index (χ0) is 15.2. The van der Waals surface area contributed by atoms with E-state index in [-0.39, 0.29) is 35.8 Å². The Morgan fingerprint density at radius 1 is 1.14 bits per heavy atom. The third-order valence-electron chi connectivity index (χ3n) is 2.51. The molecule has 0 rings (SSSR count). The standard InChI is InChI=1S/C14H30N4O2.HI/c1-5-15-14(17-8-7-11-20-6-2)18-10-9-16-13(19)12(3)4;/h12H,5-11H2,1-4H3,(H,16,19)(H2,15,17,18);1H. The first-order valence-electron chi connectivity index (χ1n) is 7.49. The lowest BCUT2D eigenvalue weighted by atomic mass is 10.2. The van der Waals surface area contributed by atoms with E-state index in [9.17, 15) is 4.79 Å². The van der Waals surface area contributed by atoms with E-state index in [4.69, 9.17) is 4.74 Å². The summed E-state index contributed by atoms with van der Waals surface area (Å²) in [7, 11) is 0. The van der Waals surface area contributed by atoms with E-state index in [2.05, 4.69) is 20.9 Å². The van der Waals surface area contributed by atoms with Crippen molar-refractivity contribution in [1.82, 2.24) is 16.0 Å². The number of amides is 1. The Kier molecular flexibility index (Phi) is 17.1. The summed E-state index contributed by atoms with van der Waals surface area (Å²) in [6, 6.07) is 0. The Morgan fingerprint density at radius 2 is 1.81 bits per heavy atom. The van der Waals surface area contributed by atoms with Gasteiger partial charge in [-0.3, -0.25) is 9.79 Å². The third-order valence-corrected chi connectivity index (χ3v) is 2.51. The molecule has 0 aromatic carbocycles. The molecule has 0 heterocycles. The average molecular weight is 414 g/mol. The molecule has 0 spiro atoms. The van der Waals surface area contributed by atoms with Crippen LogP contribution in [-0.2, 0) is 9.53 Å². The molecule has 0 aromatic heterocycles. The Balaban J connectivity index is 0. The molecular weight excluding hydrogens is 383 g/mol. The first-order chi connectivity index (χ1) is 9.61. The van der Waals surface area contributed by atoms with Crippen molar-refractivity contribution in [2.45, 2.75) is 34.1 Å². The zero-order valence-electron chi connectivity index (χ0n) is 13.7. The van der Waals surface area contributed by atoms with Crippen LogP contribution in [0.1, 0.15) is 34.1 Å². The molecule has 0 unspecified atom stereocenters. The number of carbonyl (C=O) groups excluding carboxylic acids is 1. The third kappa shape index (κ3) is 14.1. The van der Waals surface area contributed by atoms with Gasteiger partial charge in [-0.2, -0.15) is 0 Å². The van der Waals surface area contributed by atoms with Crippen LogP contribution in [0, 0.1) is 5.92 Å². The van der Waals surface area contributed by atoms with Crippen molar-refractivity contribution in [1.29, 1.82) is 0 Å². The number of hydrogen-bond acceptors (Lipinski definition) is 3. The lowest BCUT2D eigenvalue weighted by Crippen LogP contribution is -2.42. The number of guanidine groups is 1. The molecule has 126 valence electrons. The summed E-state index contributed by atoms with van der Waals surface area (Å²) in [6.07, 6.45) is 0.911. The fourth-order valence-corrected chi connectivity index (χ4v) is 1.41. The van der Waals surface area contributed by atoms with Gasteiger partial charge in [0.15, 0.2) is 5.96 Å². The SMILES string of the molecule is CCNC(=NCCCOCC)NCCNC(=O)C(C)C.I. The van der Waals surface area contributed by atoms with Gasteiger partial charge in [-0.05, 0) is 20.3 Å². The number of halogens is 1. The summed E-state index contributed by atoms with van der Waals surface area (Å²) in [6.45, 7) is 12.1. The van der Waals surface area contributed by atoms with Crippen molar-refractivity contribution in [2.24, 2.45) is 10.9 Å². The summed E-state index contributed by atoms with van der Waals surface area (Å²) in [5, 5.41) is 9.22. The van der Waals surface area contributed by atoms with E-state index in [0.717, 1.165) is 38.7 Å². The normalized spacial score (nSPS) is 11.0. The first-order valence-corrected chi connectivity index (χ1v) is 7.49. The van der Waals surface area contributed by atoms with Crippen LogP contribution in [0.5, 0.6) is 0 Å². The van der Waals surface area contributed by atoms with Crippen LogP contribution in [0.15, 0.2) is 4.99 Å². The Labute approximate surface area is 145 Å². The van der Waals surface area contributed by atoms with Crippen LogP contribution in [0.4, 0.5) is 0 Å². The first kappa shape index (κ1) is 22.7. The van der Waals surface area contributed by atoms with Gasteiger partial charge in [0.1, 0.15) is 0 Å². The van der Waals surface area contributed by atoms with Gasteiger partial charge >= 0.3 is 0 Å². The quantitative estimate of drug-likeness (QED) is 0.219. The molecule has 1 amide bonds. The van der Waals surface area contributed by atoms with Gasteiger partial charge in [0, 0.05) is 45.3 Å². The molecule has 3 N–H and O–H groups in total. The maximum absolute atomic E-state index is 11.4. The molecule has 7 heteroatoms. The maximum atomic E-state index is 11.4. The second-order valence-electron chi connectivity index (χ2n) is 4.68. The molecule has 0 aromatic rings. The number of carbonyl (C=O) groups is 1. The second kappa shape index (κ2) is 15.8. The van der Waals surface area contributed by atoms with E-state index in [1.54, 1.807) is 0 Å². The van der Waals surface area contributed by atoms with E-state index >= 15 is 0 Å². The molecule has 6 nitrogen and oxygen atoms in total. The van der Waals surface area contributed by atoms with Crippen molar-refractivity contribution in [3.8, 4) is 0 Å². The van der Waals surface area contributed by atoms with Gasteiger partial charge in [-0.15, -0.1) is 24.0 Å². The minimum Gasteiger partial charge on any atom is -0.382 e. The zero-order valence-corrected chi connectivity index (χ0v) is 16.0. The van der Waals surface area contributed by atoms with Crippen LogP contribution in [0.25, 0.3) is 0 Å². The molecule has 0 fully saturated rings. The molecule has 0 aliphatic carbocycles. The summed E-state index contributed by atoms with van der Waals surface area (Å²) < 4.78 is 5.26. The molecule has 21 heavy (non-hydrogen) atoms. The van der Waals surface area contributed by atoms with Crippen LogP contribution in [0.2, 0.25) is 0 Å². The topological polar surface area (TPSA) is 74.8 Å². The lowest BCUT2D eigenvalue weighted by molar-refractivity contribution is -0.123. The molecule has 0 aliphatic heterocycles. The molecule has 0 radical (unpaired) electrons. The maximum Gasteiger partial charge on any atom is 0.222 e. The molecule has 0 atom stereocenters. The van der Waals surface area contributed by atoms with Gasteiger partial charge in [-0.25, -0.2) is 0 Å². The van der Waals surface area contributed by atoms with Crippen LogP contribution in [-0.4, -0.2) is 51.3 Å². The number of aliphatic imine (C=N–C) groups is 1. The van der Waals surface area contributed by atoms with Crippen molar-refractivity contribution < 1.29 is 9.53 Å². The Morgan fingerprint density at radius 3 is 2.38 bits per heavy atom. The van der Waals surface area contributed by atoms with Crippen molar-refractivity contribution in [3.63, 3.8) is 0 Å². The molecule has 0 saturated carbocycles. The number of nitrogens with one attached hydrogen (secondary N) is 3. The van der Waals surface area contributed by atoms with Gasteiger partial charge < -0.3 is 20.7 Å². The highest BCUT2D eigenvalue weighted by atomic mass is 127. The summed E-state index contributed by atoms with van der Waals surface area (Å²) in [5.41, 5.74) is 0. The largest absolute Gasteiger partial charge is 0.382 e. The predicted molar refractivity (Wildman–Crippen MR) is 98.4 cm³/mol. The van der Waals surface area contributed by atoms with Crippen molar-refractivity contribution in [3.05, 3.63) is 0 Å². The molecular formula is C14H31IN4O2. The van der Waals surface area contributed by atoms with E-state index in [1.165, 1.54) is 0 Å². The highest BCUT2D eigenvalue weighted by molar-refractivity contribution is 14.0. The molecule has 0 aliphatic rings. The minimum atomic E-state index is 0.